The normalized spacial score (nSPS) is 10.9. The van der Waals surface area contributed by atoms with Gasteiger partial charge in [-0.2, -0.15) is 5.10 Å². The molecule has 2 aromatic carbocycles. The van der Waals surface area contributed by atoms with Gasteiger partial charge in [-0.15, -0.1) is 0 Å². The predicted octanol–water partition coefficient (Wildman–Crippen LogP) is 2.94. The Morgan fingerprint density at radius 1 is 1.03 bits per heavy atom. The molecule has 0 aliphatic rings. The average molecular weight is 404 g/mol. The Morgan fingerprint density at radius 2 is 1.70 bits per heavy atom. The minimum Gasteiger partial charge on any atom is -0.497 e. The summed E-state index contributed by atoms with van der Waals surface area (Å²) in [5, 5.41) is 4.83. The van der Waals surface area contributed by atoms with Crippen molar-refractivity contribution < 1.29 is 14.3 Å². The average Bonchev–Trinajstić information content (AvgIpc) is 3.16. The minimum absolute atomic E-state index is 0.0872. The number of carbonyl (C=O) groups excluding carboxylic acids is 1. The quantitative estimate of drug-likeness (QED) is 0.405. The highest BCUT2D eigenvalue weighted by atomic mass is 16.5. The number of nitrogen functional groups attached to an aromatic ring is 1. The Kier molecular flexibility index (Phi) is 4.97. The molecule has 0 atom stereocenters. The lowest BCUT2D eigenvalue weighted by Crippen LogP contribution is -2.20. The monoisotopic (exact) mass is 404 g/mol. The molecule has 0 saturated heterocycles. The van der Waals surface area contributed by atoms with Gasteiger partial charge in [0.05, 0.1) is 19.4 Å². The summed E-state index contributed by atoms with van der Waals surface area (Å²) in [5.74, 6) is 0.0829. The van der Waals surface area contributed by atoms with Crippen LogP contribution in [-0.4, -0.2) is 34.0 Å². The molecule has 0 bridgehead atoms. The number of pyridine rings is 1. The summed E-state index contributed by atoms with van der Waals surface area (Å²) < 4.78 is 13.3. The van der Waals surface area contributed by atoms with Crippen molar-refractivity contribution in [3.05, 3.63) is 76.8 Å². The number of benzene rings is 2. The molecule has 8 nitrogen and oxygen atoms in total. The number of fused-ring (bicyclic) bond motifs is 1. The van der Waals surface area contributed by atoms with E-state index in [-0.39, 0.29) is 23.4 Å². The fourth-order valence-corrected chi connectivity index (χ4v) is 3.22. The van der Waals surface area contributed by atoms with Crippen LogP contribution in [0.3, 0.4) is 0 Å². The summed E-state index contributed by atoms with van der Waals surface area (Å²) in [6.07, 6.45) is 1.61. The number of esters is 1. The lowest BCUT2D eigenvalue weighted by molar-refractivity contribution is 0.0521. The number of rotatable bonds is 5. The highest BCUT2D eigenvalue weighted by molar-refractivity contribution is 6.02. The Morgan fingerprint density at radius 3 is 2.33 bits per heavy atom. The lowest BCUT2D eigenvalue weighted by Gasteiger charge is -2.08. The largest absolute Gasteiger partial charge is 0.497 e. The molecule has 0 aliphatic carbocycles. The molecular formula is C22H20N4O4. The number of nitrogens with zero attached hydrogens (tertiary/aromatic N) is 3. The van der Waals surface area contributed by atoms with Crippen molar-refractivity contribution in [2.45, 2.75) is 6.92 Å². The fourth-order valence-electron chi connectivity index (χ4n) is 3.22. The second-order valence-corrected chi connectivity index (χ2v) is 6.52. The molecule has 0 spiro atoms. The zero-order chi connectivity index (χ0) is 21.3. The van der Waals surface area contributed by atoms with Crippen LogP contribution in [0, 0.1) is 0 Å². The van der Waals surface area contributed by atoms with Gasteiger partial charge in [0, 0.05) is 23.0 Å². The van der Waals surface area contributed by atoms with E-state index >= 15 is 0 Å². The number of methoxy groups -OCH3 is 1. The van der Waals surface area contributed by atoms with Gasteiger partial charge in [-0.25, -0.2) is 9.48 Å². The fraction of sp³-hybridized carbons (Fsp3) is 0.136. The maximum Gasteiger partial charge on any atom is 0.359 e. The first kappa shape index (κ1) is 19.3. The van der Waals surface area contributed by atoms with Crippen molar-refractivity contribution in [1.29, 1.82) is 0 Å². The summed E-state index contributed by atoms with van der Waals surface area (Å²) in [4.78, 5) is 25.9. The number of hydrogen-bond donors (Lipinski definition) is 1. The minimum atomic E-state index is -0.584. The van der Waals surface area contributed by atoms with Crippen LogP contribution >= 0.6 is 0 Å². The smallest absolute Gasteiger partial charge is 0.359 e. The molecule has 0 saturated carbocycles. The number of anilines is 1. The Bertz CT molecular complexity index is 1270. The number of hydrogen-bond acceptors (Lipinski definition) is 6. The first-order chi connectivity index (χ1) is 14.5. The van der Waals surface area contributed by atoms with E-state index in [9.17, 15) is 9.59 Å². The maximum absolute atomic E-state index is 13.4. The van der Waals surface area contributed by atoms with Crippen molar-refractivity contribution >= 4 is 22.6 Å². The maximum atomic E-state index is 13.4. The van der Waals surface area contributed by atoms with Crippen LogP contribution in [0.25, 0.3) is 22.3 Å². The van der Waals surface area contributed by atoms with Crippen molar-refractivity contribution in [2.24, 2.45) is 0 Å². The van der Waals surface area contributed by atoms with Crippen LogP contribution < -0.4 is 16.0 Å². The number of nitrogens with two attached hydrogens (primary N) is 1. The molecule has 0 radical (unpaired) electrons. The molecule has 2 N–H and O–H groups in total. The molecule has 30 heavy (non-hydrogen) atoms. The molecule has 0 amide bonds. The number of ether oxygens (including phenoxy) is 2. The zero-order valence-corrected chi connectivity index (χ0v) is 16.5. The van der Waals surface area contributed by atoms with Gasteiger partial charge >= 0.3 is 5.97 Å². The SMILES string of the molecule is CCOC(=O)c1nn(-c2ccc(OC)cc2)c2c(=O)n(-c3ccc(N)cc3)ccc12. The zero-order valence-electron chi connectivity index (χ0n) is 16.5. The van der Waals surface area contributed by atoms with Crippen LogP contribution in [0.4, 0.5) is 5.69 Å². The van der Waals surface area contributed by atoms with Crippen LogP contribution in [0.1, 0.15) is 17.4 Å². The molecule has 0 unspecified atom stereocenters. The Labute approximate surface area is 172 Å². The van der Waals surface area contributed by atoms with Gasteiger partial charge in [0.2, 0.25) is 0 Å². The van der Waals surface area contributed by atoms with E-state index in [0.29, 0.717) is 28.2 Å². The second kappa shape index (κ2) is 7.75. The van der Waals surface area contributed by atoms with E-state index in [4.69, 9.17) is 15.2 Å². The van der Waals surface area contributed by atoms with Gasteiger partial charge in [0.25, 0.3) is 5.56 Å². The summed E-state index contributed by atoms with van der Waals surface area (Å²) in [6.45, 7) is 1.92. The third-order valence-corrected chi connectivity index (χ3v) is 4.69. The molecule has 4 aromatic rings. The van der Waals surface area contributed by atoms with Crippen LogP contribution in [0.5, 0.6) is 5.75 Å². The van der Waals surface area contributed by atoms with Gasteiger partial charge < -0.3 is 15.2 Å². The molecule has 4 rings (SSSR count). The van der Waals surface area contributed by atoms with Crippen LogP contribution in [0.15, 0.2) is 65.6 Å². The molecular weight excluding hydrogens is 384 g/mol. The second-order valence-electron chi connectivity index (χ2n) is 6.52. The van der Waals surface area contributed by atoms with E-state index in [1.165, 1.54) is 9.25 Å². The Hall–Kier alpha value is -4.07. The third kappa shape index (κ3) is 3.28. The van der Waals surface area contributed by atoms with E-state index in [2.05, 4.69) is 5.10 Å². The summed E-state index contributed by atoms with van der Waals surface area (Å²) in [5.41, 5.74) is 7.65. The molecule has 2 heterocycles. The third-order valence-electron chi connectivity index (χ3n) is 4.69. The first-order valence-corrected chi connectivity index (χ1v) is 9.35. The molecule has 0 fully saturated rings. The van der Waals surface area contributed by atoms with Crippen molar-refractivity contribution in [3.63, 3.8) is 0 Å². The molecule has 8 heteroatoms. The van der Waals surface area contributed by atoms with E-state index in [0.717, 1.165) is 0 Å². The summed E-state index contributed by atoms with van der Waals surface area (Å²) in [6, 6.07) is 15.7. The van der Waals surface area contributed by atoms with Crippen LogP contribution in [-0.2, 0) is 4.74 Å². The Balaban J connectivity index is 1.98. The highest BCUT2D eigenvalue weighted by Crippen LogP contribution is 2.23. The van der Waals surface area contributed by atoms with Gasteiger partial charge in [0.15, 0.2) is 5.69 Å². The number of carbonyl (C=O) groups is 1. The van der Waals surface area contributed by atoms with Crippen LogP contribution in [0.2, 0.25) is 0 Å². The molecule has 2 aromatic heterocycles. The van der Waals surface area contributed by atoms with Gasteiger partial charge in [-0.05, 0) is 61.5 Å². The molecule has 0 aliphatic heterocycles. The highest BCUT2D eigenvalue weighted by Gasteiger charge is 2.22. The van der Waals surface area contributed by atoms with E-state index < -0.39 is 5.97 Å². The van der Waals surface area contributed by atoms with Crippen molar-refractivity contribution in [1.82, 2.24) is 14.3 Å². The van der Waals surface area contributed by atoms with Gasteiger partial charge in [-0.1, -0.05) is 0 Å². The van der Waals surface area contributed by atoms with Gasteiger partial charge in [0.1, 0.15) is 11.3 Å². The van der Waals surface area contributed by atoms with Crippen molar-refractivity contribution in [3.8, 4) is 17.1 Å². The topological polar surface area (TPSA) is 101 Å². The lowest BCUT2D eigenvalue weighted by atomic mass is 10.2. The van der Waals surface area contributed by atoms with Gasteiger partial charge in [-0.3, -0.25) is 9.36 Å². The first-order valence-electron chi connectivity index (χ1n) is 9.35. The van der Waals surface area contributed by atoms with Crippen molar-refractivity contribution in [2.75, 3.05) is 19.5 Å². The summed E-state index contributed by atoms with van der Waals surface area (Å²) >= 11 is 0. The standard InChI is InChI=1S/C22H20N4O4/c1-3-30-22(28)19-18-12-13-25(15-6-4-14(23)5-7-15)21(27)20(18)26(24-19)16-8-10-17(29-2)11-9-16/h4-13H,3,23H2,1-2H3. The van der Waals surface area contributed by atoms with E-state index in [1.54, 1.807) is 74.8 Å². The van der Waals surface area contributed by atoms with E-state index in [1.807, 2.05) is 0 Å². The summed E-state index contributed by atoms with van der Waals surface area (Å²) in [7, 11) is 1.57. The predicted molar refractivity (Wildman–Crippen MR) is 114 cm³/mol. The molecule has 152 valence electrons. The number of aromatic nitrogens is 3.